The summed E-state index contributed by atoms with van der Waals surface area (Å²) in [6, 6.07) is 5.07. The van der Waals surface area contributed by atoms with Crippen LogP contribution in [-0.4, -0.2) is 36.0 Å². The van der Waals surface area contributed by atoms with Crippen molar-refractivity contribution in [2.24, 2.45) is 5.92 Å². The number of fused-ring (bicyclic) bond motifs is 1. The molecule has 2 rings (SSSR count). The molecule has 2 N–H and O–H groups in total. The minimum Gasteiger partial charge on any atom is -0.482 e. The molecule has 1 aromatic carbocycles. The normalized spacial score (nSPS) is 13.5. The van der Waals surface area contributed by atoms with Gasteiger partial charge in [0.25, 0.3) is 5.91 Å². The van der Waals surface area contributed by atoms with Crippen molar-refractivity contribution < 1.29 is 24.2 Å². The highest BCUT2D eigenvalue weighted by Crippen LogP contribution is 2.35. The number of benzene rings is 1. The fourth-order valence-electron chi connectivity index (χ4n) is 2.36. The summed E-state index contributed by atoms with van der Waals surface area (Å²) in [6.07, 6.45) is 0.540. The summed E-state index contributed by atoms with van der Waals surface area (Å²) in [4.78, 5) is 36.1. The van der Waals surface area contributed by atoms with Gasteiger partial charge in [-0.3, -0.25) is 14.4 Å². The molecule has 0 atom stereocenters. The minimum absolute atomic E-state index is 0.00934. The number of amides is 2. The average molecular weight is 334 g/mol. The number of anilines is 2. The van der Waals surface area contributed by atoms with Gasteiger partial charge in [-0.1, -0.05) is 13.8 Å². The van der Waals surface area contributed by atoms with Crippen molar-refractivity contribution in [3.63, 3.8) is 0 Å². The lowest BCUT2D eigenvalue weighted by Gasteiger charge is -2.30. The van der Waals surface area contributed by atoms with Crippen LogP contribution in [0.1, 0.15) is 33.1 Å². The summed E-state index contributed by atoms with van der Waals surface area (Å²) in [7, 11) is 0. The van der Waals surface area contributed by atoms with E-state index in [2.05, 4.69) is 19.2 Å². The van der Waals surface area contributed by atoms with Crippen LogP contribution in [0.4, 0.5) is 11.4 Å². The molecule has 1 aliphatic heterocycles. The second-order valence-electron chi connectivity index (χ2n) is 6.14. The van der Waals surface area contributed by atoms with Crippen LogP contribution in [0.3, 0.4) is 0 Å². The molecule has 7 heteroatoms. The molecule has 2 amide bonds. The molecule has 1 aliphatic rings. The van der Waals surface area contributed by atoms with Gasteiger partial charge in [-0.25, -0.2) is 0 Å². The van der Waals surface area contributed by atoms with Crippen LogP contribution >= 0.6 is 0 Å². The number of nitrogens with one attached hydrogen (secondary N) is 1. The molecule has 0 unspecified atom stereocenters. The van der Waals surface area contributed by atoms with Gasteiger partial charge in [0.2, 0.25) is 5.91 Å². The van der Waals surface area contributed by atoms with Gasteiger partial charge in [0.05, 0.1) is 12.1 Å². The summed E-state index contributed by atoms with van der Waals surface area (Å²) in [5, 5.41) is 11.3. The third-order valence-electron chi connectivity index (χ3n) is 3.68. The van der Waals surface area contributed by atoms with Gasteiger partial charge in [-0.05, 0) is 30.5 Å². The predicted octanol–water partition coefficient (Wildman–Crippen LogP) is 2.26. The molecule has 1 heterocycles. The lowest BCUT2D eigenvalue weighted by atomic mass is 10.1. The zero-order valence-corrected chi connectivity index (χ0v) is 13.9. The number of aliphatic carboxylic acids is 1. The Kier molecular flexibility index (Phi) is 5.78. The first-order chi connectivity index (χ1) is 11.4. The van der Waals surface area contributed by atoms with E-state index in [1.807, 2.05) is 0 Å². The molecule has 7 nitrogen and oxygen atoms in total. The first-order valence-electron chi connectivity index (χ1n) is 7.95. The van der Waals surface area contributed by atoms with Crippen LogP contribution in [0, 0.1) is 5.92 Å². The molecule has 0 aromatic heterocycles. The number of carbonyl (C=O) groups is 3. The third kappa shape index (κ3) is 4.71. The SMILES string of the molecule is CC(C)CCN1C(=O)COc2ccc(NC(=O)CCC(=O)O)cc21. The molecule has 0 saturated heterocycles. The largest absolute Gasteiger partial charge is 0.482 e. The van der Waals surface area contributed by atoms with Gasteiger partial charge >= 0.3 is 5.97 Å². The first kappa shape index (κ1) is 17.8. The molecule has 0 saturated carbocycles. The topological polar surface area (TPSA) is 95.9 Å². The number of carboxylic acid groups (broad SMARTS) is 1. The van der Waals surface area contributed by atoms with E-state index in [9.17, 15) is 14.4 Å². The lowest BCUT2D eigenvalue weighted by Crippen LogP contribution is -2.39. The Morgan fingerprint density at radius 1 is 1.33 bits per heavy atom. The Hall–Kier alpha value is -2.57. The molecule has 24 heavy (non-hydrogen) atoms. The Morgan fingerprint density at radius 2 is 2.08 bits per heavy atom. The van der Waals surface area contributed by atoms with Crippen LogP contribution in [0.2, 0.25) is 0 Å². The van der Waals surface area contributed by atoms with Crippen molar-refractivity contribution in [1.82, 2.24) is 0 Å². The zero-order chi connectivity index (χ0) is 17.7. The van der Waals surface area contributed by atoms with E-state index in [4.69, 9.17) is 9.84 Å². The maximum atomic E-state index is 12.1. The molecular weight excluding hydrogens is 312 g/mol. The fraction of sp³-hybridized carbons (Fsp3) is 0.471. The molecule has 0 aliphatic carbocycles. The predicted molar refractivity (Wildman–Crippen MR) is 89.2 cm³/mol. The van der Waals surface area contributed by atoms with Crippen LogP contribution in [0.15, 0.2) is 18.2 Å². The Bertz CT molecular complexity index is 642. The standard InChI is InChI=1S/C17H22N2O5/c1-11(2)7-8-19-13-9-12(18-15(20)5-6-17(22)23)3-4-14(13)24-10-16(19)21/h3-4,9,11H,5-8,10H2,1-2H3,(H,18,20)(H,22,23). The number of carbonyl (C=O) groups excluding carboxylic acids is 2. The number of hydrogen-bond donors (Lipinski definition) is 2. The first-order valence-corrected chi connectivity index (χ1v) is 7.95. The quantitative estimate of drug-likeness (QED) is 0.797. The molecule has 130 valence electrons. The second kappa shape index (κ2) is 7.81. The fourth-order valence-corrected chi connectivity index (χ4v) is 2.36. The Morgan fingerprint density at radius 3 is 2.75 bits per heavy atom. The molecule has 0 radical (unpaired) electrons. The summed E-state index contributed by atoms with van der Waals surface area (Å²) in [5.74, 6) is -0.453. The van der Waals surface area contributed by atoms with Crippen molar-refractivity contribution in [2.45, 2.75) is 33.1 Å². The van der Waals surface area contributed by atoms with E-state index in [1.54, 1.807) is 23.1 Å². The van der Waals surface area contributed by atoms with Gasteiger partial charge in [-0.2, -0.15) is 0 Å². The number of nitrogens with zero attached hydrogens (tertiary/aromatic N) is 1. The third-order valence-corrected chi connectivity index (χ3v) is 3.68. The van der Waals surface area contributed by atoms with E-state index in [-0.39, 0.29) is 31.3 Å². The van der Waals surface area contributed by atoms with Gasteiger partial charge in [0, 0.05) is 18.7 Å². The van der Waals surface area contributed by atoms with E-state index >= 15 is 0 Å². The van der Waals surface area contributed by atoms with Crippen LogP contribution in [0.25, 0.3) is 0 Å². The van der Waals surface area contributed by atoms with Gasteiger partial charge in [-0.15, -0.1) is 0 Å². The maximum Gasteiger partial charge on any atom is 0.303 e. The van der Waals surface area contributed by atoms with Crippen LogP contribution in [-0.2, 0) is 14.4 Å². The molecule has 1 aromatic rings. The van der Waals surface area contributed by atoms with Gasteiger partial charge < -0.3 is 20.1 Å². The monoisotopic (exact) mass is 334 g/mol. The van der Waals surface area contributed by atoms with E-state index < -0.39 is 5.97 Å². The average Bonchev–Trinajstić information content (AvgIpc) is 2.51. The minimum atomic E-state index is -1.02. The maximum absolute atomic E-state index is 12.1. The highest BCUT2D eigenvalue weighted by Gasteiger charge is 2.25. The summed E-state index contributed by atoms with van der Waals surface area (Å²) in [5.41, 5.74) is 1.14. The molecule has 0 fully saturated rings. The zero-order valence-electron chi connectivity index (χ0n) is 13.9. The van der Waals surface area contributed by atoms with Gasteiger partial charge in [0.15, 0.2) is 6.61 Å². The highest BCUT2D eigenvalue weighted by atomic mass is 16.5. The van der Waals surface area contributed by atoms with Crippen molar-refractivity contribution in [2.75, 3.05) is 23.4 Å². The number of hydrogen-bond acceptors (Lipinski definition) is 4. The molecular formula is C17H22N2O5. The Balaban J connectivity index is 2.13. The second-order valence-corrected chi connectivity index (χ2v) is 6.14. The smallest absolute Gasteiger partial charge is 0.303 e. The highest BCUT2D eigenvalue weighted by molar-refractivity contribution is 5.99. The molecule has 0 bridgehead atoms. The lowest BCUT2D eigenvalue weighted by molar-refractivity contribution is -0.138. The van der Waals surface area contributed by atoms with E-state index in [1.165, 1.54) is 0 Å². The number of ether oxygens (including phenoxy) is 1. The van der Waals surface area contributed by atoms with E-state index in [0.717, 1.165) is 6.42 Å². The summed E-state index contributed by atoms with van der Waals surface area (Å²) < 4.78 is 5.43. The van der Waals surface area contributed by atoms with Gasteiger partial charge in [0.1, 0.15) is 5.75 Å². The van der Waals surface area contributed by atoms with E-state index in [0.29, 0.717) is 29.6 Å². The van der Waals surface area contributed by atoms with Crippen molar-refractivity contribution in [3.05, 3.63) is 18.2 Å². The van der Waals surface area contributed by atoms with Crippen LogP contribution < -0.4 is 15.0 Å². The van der Waals surface area contributed by atoms with Crippen molar-refractivity contribution >= 4 is 29.2 Å². The summed E-state index contributed by atoms with van der Waals surface area (Å²) in [6.45, 7) is 4.77. The summed E-state index contributed by atoms with van der Waals surface area (Å²) >= 11 is 0. The van der Waals surface area contributed by atoms with Crippen molar-refractivity contribution in [1.29, 1.82) is 0 Å². The Labute approximate surface area is 140 Å². The number of carboxylic acids is 1. The number of rotatable bonds is 7. The van der Waals surface area contributed by atoms with Crippen molar-refractivity contribution in [3.8, 4) is 5.75 Å². The van der Waals surface area contributed by atoms with Crippen LogP contribution in [0.5, 0.6) is 5.75 Å². The molecule has 0 spiro atoms.